The molecule has 1 amide bonds. The van der Waals surface area contributed by atoms with Crippen LogP contribution in [0.15, 0.2) is 42.5 Å². The molecule has 1 fully saturated rings. The molecule has 160 valence electrons. The van der Waals surface area contributed by atoms with Gasteiger partial charge in [-0.2, -0.15) is 0 Å². The number of rotatable bonds is 6. The average Bonchev–Trinajstić information content (AvgIpc) is 3.24. The summed E-state index contributed by atoms with van der Waals surface area (Å²) < 4.78 is 0. The monoisotopic (exact) mass is 407 g/mol. The number of carbonyl (C=O) groups excluding carboxylic acids is 1. The Morgan fingerprint density at radius 2 is 1.73 bits per heavy atom. The Kier molecular flexibility index (Phi) is 6.23. The lowest BCUT2D eigenvalue weighted by atomic mass is 9.93. The molecule has 5 heteroatoms. The fourth-order valence-electron chi connectivity index (χ4n) is 4.51. The summed E-state index contributed by atoms with van der Waals surface area (Å²) in [5, 5.41) is 12.5. The molecule has 0 aromatic heterocycles. The number of nitrogens with one attached hydrogen (secondary N) is 1. The first-order chi connectivity index (χ1) is 14.5. The van der Waals surface area contributed by atoms with Crippen molar-refractivity contribution in [1.29, 1.82) is 0 Å². The summed E-state index contributed by atoms with van der Waals surface area (Å²) in [6, 6.07) is 14.4. The molecular weight excluding hydrogens is 374 g/mol. The highest BCUT2D eigenvalue weighted by molar-refractivity contribution is 5.96. The molecule has 0 aliphatic carbocycles. The van der Waals surface area contributed by atoms with E-state index in [1.807, 2.05) is 29.2 Å². The van der Waals surface area contributed by atoms with Crippen LogP contribution in [0.4, 0.5) is 0 Å². The summed E-state index contributed by atoms with van der Waals surface area (Å²) in [6.45, 7) is 9.75. The summed E-state index contributed by atoms with van der Waals surface area (Å²) in [7, 11) is 0. The van der Waals surface area contributed by atoms with Crippen LogP contribution in [0.2, 0.25) is 0 Å². The van der Waals surface area contributed by atoms with Gasteiger partial charge in [-0.1, -0.05) is 36.4 Å². The third-order valence-electron chi connectivity index (χ3n) is 6.70. The predicted octanol–water partition coefficient (Wildman–Crippen LogP) is 2.95. The van der Waals surface area contributed by atoms with Crippen molar-refractivity contribution >= 4 is 5.91 Å². The molecule has 30 heavy (non-hydrogen) atoms. The number of aliphatic hydroxyl groups excluding tert-OH is 1. The van der Waals surface area contributed by atoms with Crippen LogP contribution >= 0.6 is 0 Å². The second kappa shape index (κ2) is 8.88. The first-order valence-electron chi connectivity index (χ1n) is 11.0. The summed E-state index contributed by atoms with van der Waals surface area (Å²) in [5.41, 5.74) is 5.66. The number of nitrogens with zero attached hydrogens (tertiary/aromatic N) is 2. The van der Waals surface area contributed by atoms with Gasteiger partial charge in [-0.15, -0.1) is 0 Å². The predicted molar refractivity (Wildman–Crippen MR) is 119 cm³/mol. The first kappa shape index (κ1) is 21.0. The molecule has 5 nitrogen and oxygen atoms in total. The van der Waals surface area contributed by atoms with E-state index in [2.05, 4.69) is 42.3 Å². The van der Waals surface area contributed by atoms with Crippen LogP contribution in [-0.4, -0.2) is 52.5 Å². The summed E-state index contributed by atoms with van der Waals surface area (Å²) >= 11 is 0. The van der Waals surface area contributed by atoms with Crippen molar-refractivity contribution in [3.8, 4) is 0 Å². The van der Waals surface area contributed by atoms with Crippen molar-refractivity contribution in [2.75, 3.05) is 26.2 Å². The van der Waals surface area contributed by atoms with Crippen LogP contribution in [-0.2, 0) is 26.1 Å². The third kappa shape index (κ3) is 4.43. The van der Waals surface area contributed by atoms with Gasteiger partial charge >= 0.3 is 0 Å². The normalized spacial score (nSPS) is 17.2. The van der Waals surface area contributed by atoms with Crippen molar-refractivity contribution < 1.29 is 9.90 Å². The van der Waals surface area contributed by atoms with Gasteiger partial charge in [0.2, 0.25) is 0 Å². The molecule has 0 bridgehead atoms. The summed E-state index contributed by atoms with van der Waals surface area (Å²) in [6.07, 6.45) is 2.04. The largest absolute Gasteiger partial charge is 0.392 e. The number of aliphatic hydroxyl groups is 1. The maximum atomic E-state index is 13.1. The van der Waals surface area contributed by atoms with Crippen molar-refractivity contribution in [2.24, 2.45) is 0 Å². The number of hydrogen-bond acceptors (Lipinski definition) is 4. The van der Waals surface area contributed by atoms with Crippen LogP contribution in [0.1, 0.15) is 52.9 Å². The minimum absolute atomic E-state index is 0.0318. The molecule has 2 aromatic carbocycles. The van der Waals surface area contributed by atoms with E-state index in [0.29, 0.717) is 0 Å². The number of piperazine rings is 1. The quantitative estimate of drug-likeness (QED) is 0.773. The molecule has 4 rings (SSSR count). The third-order valence-corrected chi connectivity index (χ3v) is 6.70. The van der Waals surface area contributed by atoms with E-state index >= 15 is 0 Å². The van der Waals surface area contributed by atoms with E-state index in [1.165, 1.54) is 16.7 Å². The molecule has 2 aromatic rings. The van der Waals surface area contributed by atoms with E-state index in [4.69, 9.17) is 0 Å². The van der Waals surface area contributed by atoms with E-state index in [9.17, 15) is 9.90 Å². The van der Waals surface area contributed by atoms with Gasteiger partial charge in [-0.05, 0) is 55.0 Å². The van der Waals surface area contributed by atoms with E-state index in [0.717, 1.165) is 63.2 Å². The molecule has 2 heterocycles. The van der Waals surface area contributed by atoms with Crippen molar-refractivity contribution in [2.45, 2.75) is 51.9 Å². The number of carbonyl (C=O) groups is 1. The maximum absolute atomic E-state index is 13.1. The lowest BCUT2D eigenvalue weighted by molar-refractivity contribution is 0.0731. The Labute approximate surface area is 179 Å². The highest BCUT2D eigenvalue weighted by Gasteiger charge is 2.34. The zero-order chi connectivity index (χ0) is 21.1. The molecule has 0 unspecified atom stereocenters. The second-order valence-corrected chi connectivity index (χ2v) is 9.13. The minimum Gasteiger partial charge on any atom is -0.392 e. The molecule has 0 radical (unpaired) electrons. The smallest absolute Gasteiger partial charge is 0.254 e. The highest BCUT2D eigenvalue weighted by Crippen LogP contribution is 2.34. The zero-order valence-corrected chi connectivity index (χ0v) is 18.2. The van der Waals surface area contributed by atoms with Gasteiger partial charge in [0, 0.05) is 50.4 Å². The van der Waals surface area contributed by atoms with Gasteiger partial charge in [0.25, 0.3) is 5.91 Å². The fourth-order valence-corrected chi connectivity index (χ4v) is 4.51. The lowest BCUT2D eigenvalue weighted by Gasteiger charge is -2.36. The van der Waals surface area contributed by atoms with Gasteiger partial charge < -0.3 is 15.3 Å². The van der Waals surface area contributed by atoms with Crippen molar-refractivity contribution in [1.82, 2.24) is 15.1 Å². The van der Waals surface area contributed by atoms with E-state index in [1.54, 1.807) is 0 Å². The standard InChI is InChI=1S/C25H33N3O2/c1-25(2,11-10-19-6-8-20(18-29)9-7-19)28-16-21-4-3-5-22(23(21)17-28)24(30)27-14-12-26-13-15-27/h3-9,26,29H,10-18H2,1-2H3. The van der Waals surface area contributed by atoms with Crippen molar-refractivity contribution in [3.63, 3.8) is 0 Å². The Morgan fingerprint density at radius 1 is 1.03 bits per heavy atom. The van der Waals surface area contributed by atoms with Gasteiger partial charge in [-0.25, -0.2) is 0 Å². The molecule has 0 spiro atoms. The van der Waals surface area contributed by atoms with Crippen LogP contribution in [0, 0.1) is 0 Å². The van der Waals surface area contributed by atoms with Gasteiger partial charge in [0.1, 0.15) is 0 Å². The number of fused-ring (bicyclic) bond motifs is 1. The lowest BCUT2D eigenvalue weighted by Crippen LogP contribution is -2.46. The molecular formula is C25H33N3O2. The topological polar surface area (TPSA) is 55.8 Å². The SMILES string of the molecule is CC(C)(CCc1ccc(CO)cc1)N1Cc2cccc(C(=O)N3CCNCC3)c2C1. The Bertz CT molecular complexity index is 886. The molecule has 0 atom stereocenters. The molecule has 2 aliphatic heterocycles. The van der Waals surface area contributed by atoms with E-state index in [-0.39, 0.29) is 18.1 Å². The Morgan fingerprint density at radius 3 is 2.43 bits per heavy atom. The Balaban J connectivity index is 1.44. The van der Waals surface area contributed by atoms with Gasteiger partial charge in [-0.3, -0.25) is 9.69 Å². The zero-order valence-electron chi connectivity index (χ0n) is 18.2. The summed E-state index contributed by atoms with van der Waals surface area (Å²) in [5.74, 6) is 0.178. The van der Waals surface area contributed by atoms with Crippen molar-refractivity contribution in [3.05, 3.63) is 70.3 Å². The molecule has 0 saturated carbocycles. The fraction of sp³-hybridized carbons (Fsp3) is 0.480. The highest BCUT2D eigenvalue weighted by atomic mass is 16.3. The van der Waals surface area contributed by atoms with Gasteiger partial charge in [0.05, 0.1) is 6.61 Å². The van der Waals surface area contributed by atoms with Crippen LogP contribution in [0.5, 0.6) is 0 Å². The number of benzene rings is 2. The average molecular weight is 408 g/mol. The van der Waals surface area contributed by atoms with Crippen LogP contribution in [0.3, 0.4) is 0 Å². The molecule has 2 aliphatic rings. The molecule has 2 N–H and O–H groups in total. The number of aryl methyl sites for hydroxylation is 1. The second-order valence-electron chi connectivity index (χ2n) is 9.13. The maximum Gasteiger partial charge on any atom is 0.254 e. The first-order valence-corrected chi connectivity index (χ1v) is 11.0. The number of hydrogen-bond donors (Lipinski definition) is 2. The molecule has 1 saturated heterocycles. The van der Waals surface area contributed by atoms with Gasteiger partial charge in [0.15, 0.2) is 0 Å². The van der Waals surface area contributed by atoms with Crippen LogP contribution in [0.25, 0.3) is 0 Å². The Hall–Kier alpha value is -2.21. The van der Waals surface area contributed by atoms with E-state index < -0.39 is 0 Å². The minimum atomic E-state index is 0.0318. The number of amides is 1. The van der Waals surface area contributed by atoms with Crippen LogP contribution < -0.4 is 5.32 Å². The summed E-state index contributed by atoms with van der Waals surface area (Å²) in [4.78, 5) is 17.6.